The molecule has 0 aromatic carbocycles. The summed E-state index contributed by atoms with van der Waals surface area (Å²) in [4.78, 5) is 0. The van der Waals surface area contributed by atoms with Gasteiger partial charge >= 0.3 is 12.4 Å². The summed E-state index contributed by atoms with van der Waals surface area (Å²) in [6, 6.07) is 0. The summed E-state index contributed by atoms with van der Waals surface area (Å²) in [5, 5.41) is 0. The molecule has 0 radical (unpaired) electrons. The third-order valence-electron chi connectivity index (χ3n) is 0.970. The topological polar surface area (TPSA) is 0 Å². The highest BCUT2D eigenvalue weighted by Gasteiger charge is 2.54. The summed E-state index contributed by atoms with van der Waals surface area (Å²) in [7, 11) is 0. The average molecular weight is 213 g/mol. The molecule has 0 amide bonds. The quantitative estimate of drug-likeness (QED) is 0.584. The zero-order valence-corrected chi connectivity index (χ0v) is 6.13. The van der Waals surface area contributed by atoms with Crippen molar-refractivity contribution in [1.82, 2.24) is 0 Å². The van der Waals surface area contributed by atoms with Gasteiger partial charge < -0.3 is 0 Å². The summed E-state index contributed by atoms with van der Waals surface area (Å²) < 4.78 is 69.4. The van der Waals surface area contributed by atoms with Crippen molar-refractivity contribution in [3.05, 3.63) is 11.6 Å². The molecular weight excluding hydrogens is 209 g/mol. The van der Waals surface area contributed by atoms with E-state index in [1.165, 1.54) is 0 Å². The molecule has 0 aliphatic carbocycles. The predicted octanol–water partition coefficient (Wildman–Crippen LogP) is 3.48. The summed E-state index contributed by atoms with van der Waals surface area (Å²) in [6.45, 7) is 0. The minimum absolute atomic E-state index is 0.151. The van der Waals surface area contributed by atoms with E-state index in [1.54, 1.807) is 0 Å². The van der Waals surface area contributed by atoms with E-state index in [-0.39, 0.29) is 11.6 Å². The first-order valence-electron chi connectivity index (χ1n) is 2.60. The number of hydrogen-bond donors (Lipinski definition) is 0. The number of rotatable bonds is 1. The fourth-order valence-corrected chi connectivity index (χ4v) is 0.622. The van der Waals surface area contributed by atoms with E-state index in [9.17, 15) is 26.3 Å². The third kappa shape index (κ3) is 3.34. The van der Waals surface area contributed by atoms with Gasteiger partial charge in [0.2, 0.25) is 0 Å². The minimum atomic E-state index is -5.34. The molecule has 0 bridgehead atoms. The summed E-state index contributed by atoms with van der Waals surface area (Å²) in [5.41, 5.74) is 0.200. The van der Waals surface area contributed by atoms with Crippen LogP contribution in [0.25, 0.3) is 0 Å². The van der Waals surface area contributed by atoms with Gasteiger partial charge in [-0.05, 0) is 0 Å². The Labute approximate surface area is 68.8 Å². The van der Waals surface area contributed by atoms with E-state index in [2.05, 4.69) is 11.6 Å². The highest BCUT2D eigenvalue weighted by molar-refractivity contribution is 6.25. The SMILES string of the molecule is FC(F)(F)C(/C=C/Cl)C(F)(F)F. The van der Waals surface area contributed by atoms with Crippen LogP contribution in [0.4, 0.5) is 26.3 Å². The molecule has 7 heteroatoms. The van der Waals surface area contributed by atoms with Crippen molar-refractivity contribution in [3.63, 3.8) is 0 Å². The zero-order chi connectivity index (χ0) is 9.99. The smallest absolute Gasteiger partial charge is 0.170 e. The van der Waals surface area contributed by atoms with Crippen LogP contribution in [0.1, 0.15) is 0 Å². The molecule has 72 valence electrons. The van der Waals surface area contributed by atoms with E-state index >= 15 is 0 Å². The second kappa shape index (κ2) is 3.55. The van der Waals surface area contributed by atoms with Gasteiger partial charge in [-0.2, -0.15) is 26.3 Å². The van der Waals surface area contributed by atoms with Crippen LogP contribution in [0.3, 0.4) is 0 Å². The lowest BCUT2D eigenvalue weighted by molar-refractivity contribution is -0.267. The maximum atomic E-state index is 11.6. The Balaban J connectivity index is 4.69. The molecule has 0 saturated heterocycles. The van der Waals surface area contributed by atoms with Crippen LogP contribution < -0.4 is 0 Å². The van der Waals surface area contributed by atoms with E-state index < -0.39 is 18.3 Å². The molecule has 0 aromatic rings. The van der Waals surface area contributed by atoms with Crippen molar-refractivity contribution in [2.75, 3.05) is 0 Å². The first-order chi connectivity index (χ1) is 5.19. The molecule has 0 aliphatic heterocycles. The van der Waals surface area contributed by atoms with Crippen molar-refractivity contribution in [1.29, 1.82) is 0 Å². The van der Waals surface area contributed by atoms with Crippen LogP contribution in [0.2, 0.25) is 0 Å². The van der Waals surface area contributed by atoms with E-state index in [4.69, 9.17) is 0 Å². The van der Waals surface area contributed by atoms with Gasteiger partial charge in [-0.3, -0.25) is 0 Å². The van der Waals surface area contributed by atoms with Gasteiger partial charge in [-0.25, -0.2) is 0 Å². The molecule has 0 fully saturated rings. The highest BCUT2D eigenvalue weighted by Crippen LogP contribution is 2.39. The fourth-order valence-electron chi connectivity index (χ4n) is 0.477. The van der Waals surface area contributed by atoms with Crippen LogP contribution in [-0.2, 0) is 0 Å². The minimum Gasteiger partial charge on any atom is -0.170 e. The molecule has 0 saturated carbocycles. The summed E-state index contributed by atoms with van der Waals surface area (Å²) in [6.07, 6.45) is -10.8. The Morgan fingerprint density at radius 3 is 1.33 bits per heavy atom. The normalized spacial score (nSPS) is 14.7. The van der Waals surface area contributed by atoms with Crippen LogP contribution in [0.5, 0.6) is 0 Å². The molecular formula is C5H3ClF6. The highest BCUT2D eigenvalue weighted by atomic mass is 35.5. The van der Waals surface area contributed by atoms with Crippen LogP contribution in [0, 0.1) is 5.92 Å². The summed E-state index contributed by atoms with van der Waals surface area (Å²) >= 11 is 4.63. The van der Waals surface area contributed by atoms with Crippen molar-refractivity contribution in [2.45, 2.75) is 12.4 Å². The Morgan fingerprint density at radius 2 is 1.25 bits per heavy atom. The Kier molecular flexibility index (Phi) is 3.44. The molecule has 0 spiro atoms. The molecule has 0 aliphatic rings. The molecule has 0 aromatic heterocycles. The number of alkyl halides is 6. The van der Waals surface area contributed by atoms with E-state index in [0.717, 1.165) is 0 Å². The number of hydrogen-bond acceptors (Lipinski definition) is 0. The molecule has 0 heterocycles. The standard InChI is InChI=1S/C5H3ClF6/c6-2-1-3(4(7,8)9)5(10,11)12/h1-3H/b2-1+. The molecule has 0 rings (SSSR count). The van der Waals surface area contributed by atoms with Crippen LogP contribution >= 0.6 is 11.6 Å². The molecule has 0 atom stereocenters. The van der Waals surface area contributed by atoms with Gasteiger partial charge in [0, 0.05) is 5.54 Å². The van der Waals surface area contributed by atoms with Crippen molar-refractivity contribution >= 4 is 11.6 Å². The Morgan fingerprint density at radius 1 is 0.917 bits per heavy atom. The first kappa shape index (κ1) is 11.6. The molecule has 0 N–H and O–H groups in total. The number of halogens is 7. The van der Waals surface area contributed by atoms with Crippen molar-refractivity contribution < 1.29 is 26.3 Å². The van der Waals surface area contributed by atoms with E-state index in [0.29, 0.717) is 0 Å². The van der Waals surface area contributed by atoms with Gasteiger partial charge in [-0.1, -0.05) is 17.7 Å². The van der Waals surface area contributed by atoms with Gasteiger partial charge in [0.1, 0.15) is 0 Å². The lowest BCUT2D eigenvalue weighted by Gasteiger charge is -2.19. The Bertz CT molecular complexity index is 152. The Hall–Kier alpha value is -0.390. The molecule has 0 nitrogen and oxygen atoms in total. The molecule has 0 unspecified atom stereocenters. The van der Waals surface area contributed by atoms with Crippen LogP contribution in [0.15, 0.2) is 11.6 Å². The van der Waals surface area contributed by atoms with E-state index in [1.807, 2.05) is 0 Å². The van der Waals surface area contributed by atoms with Crippen molar-refractivity contribution in [2.24, 2.45) is 5.92 Å². The maximum Gasteiger partial charge on any atom is 0.403 e. The second-order valence-corrected chi connectivity index (χ2v) is 2.13. The average Bonchev–Trinajstić information content (AvgIpc) is 1.77. The lowest BCUT2D eigenvalue weighted by Crippen LogP contribution is -2.34. The summed E-state index contributed by atoms with van der Waals surface area (Å²) in [5.74, 6) is -3.48. The largest absolute Gasteiger partial charge is 0.403 e. The lowest BCUT2D eigenvalue weighted by atomic mass is 10.1. The van der Waals surface area contributed by atoms with Gasteiger partial charge in [0.25, 0.3) is 0 Å². The second-order valence-electron chi connectivity index (χ2n) is 1.88. The monoisotopic (exact) mass is 212 g/mol. The van der Waals surface area contributed by atoms with Gasteiger partial charge in [0.05, 0.1) is 0 Å². The maximum absolute atomic E-state index is 11.6. The zero-order valence-electron chi connectivity index (χ0n) is 5.38. The molecule has 12 heavy (non-hydrogen) atoms. The third-order valence-corrected chi connectivity index (χ3v) is 1.12. The predicted molar refractivity (Wildman–Crippen MR) is 30.6 cm³/mol. The fraction of sp³-hybridized carbons (Fsp3) is 0.600. The van der Waals surface area contributed by atoms with Gasteiger partial charge in [0.15, 0.2) is 5.92 Å². The first-order valence-corrected chi connectivity index (χ1v) is 3.03. The van der Waals surface area contributed by atoms with Gasteiger partial charge in [-0.15, -0.1) is 0 Å². The van der Waals surface area contributed by atoms with Crippen LogP contribution in [-0.4, -0.2) is 12.4 Å². The number of allylic oxidation sites excluding steroid dienone is 1. The van der Waals surface area contributed by atoms with Crippen molar-refractivity contribution in [3.8, 4) is 0 Å².